The Hall–Kier alpha value is -2.89. The molecule has 148 valence electrons. The van der Waals surface area contributed by atoms with Crippen molar-refractivity contribution >= 4 is 11.8 Å². The molecule has 2 amide bonds. The Labute approximate surface area is 164 Å². The van der Waals surface area contributed by atoms with Gasteiger partial charge in [0.15, 0.2) is 11.6 Å². The lowest BCUT2D eigenvalue weighted by Crippen LogP contribution is -2.44. The summed E-state index contributed by atoms with van der Waals surface area (Å²) in [6.45, 7) is 0.480. The molecule has 1 atom stereocenters. The number of benzene rings is 2. The first-order chi connectivity index (χ1) is 13.5. The van der Waals surface area contributed by atoms with Crippen LogP contribution in [0.3, 0.4) is 0 Å². The number of amides is 2. The standard InChI is InChI=1S/C22H25FN2O3/c1-28-19-13-17(7-8-18(19)23)14-22(12-10-21(27)25-22)11-9-20(26)24-15-16-5-3-2-4-6-16/h2-8,13H,9-12,14-15H2,1H3,(H,24,26)(H,25,27). The van der Waals surface area contributed by atoms with Crippen LogP contribution in [0.4, 0.5) is 4.39 Å². The zero-order chi connectivity index (χ0) is 20.0. The first-order valence-corrected chi connectivity index (χ1v) is 9.44. The Balaban J connectivity index is 1.61. The molecule has 2 N–H and O–H groups in total. The van der Waals surface area contributed by atoms with E-state index in [2.05, 4.69) is 10.6 Å². The molecule has 1 fully saturated rings. The zero-order valence-corrected chi connectivity index (χ0v) is 16.0. The van der Waals surface area contributed by atoms with Crippen LogP contribution in [0.2, 0.25) is 0 Å². The van der Waals surface area contributed by atoms with Crippen LogP contribution in [-0.2, 0) is 22.6 Å². The van der Waals surface area contributed by atoms with Crippen molar-refractivity contribution in [1.29, 1.82) is 0 Å². The number of methoxy groups -OCH3 is 1. The Bertz CT molecular complexity index is 841. The van der Waals surface area contributed by atoms with Crippen molar-refractivity contribution in [3.8, 4) is 5.75 Å². The summed E-state index contributed by atoms with van der Waals surface area (Å²) in [6, 6.07) is 14.4. The van der Waals surface area contributed by atoms with E-state index in [9.17, 15) is 14.0 Å². The fourth-order valence-electron chi connectivity index (χ4n) is 3.62. The fourth-order valence-corrected chi connectivity index (χ4v) is 3.62. The minimum absolute atomic E-state index is 0.0150. The van der Waals surface area contributed by atoms with Crippen LogP contribution in [0.25, 0.3) is 0 Å². The Kier molecular flexibility index (Phi) is 6.29. The van der Waals surface area contributed by atoms with Crippen LogP contribution in [0.1, 0.15) is 36.8 Å². The number of carbonyl (C=O) groups is 2. The summed E-state index contributed by atoms with van der Waals surface area (Å²) in [6.07, 6.45) is 2.45. The van der Waals surface area contributed by atoms with Gasteiger partial charge in [-0.05, 0) is 42.5 Å². The average molecular weight is 384 g/mol. The molecule has 0 radical (unpaired) electrons. The van der Waals surface area contributed by atoms with Crippen molar-refractivity contribution in [3.05, 3.63) is 65.5 Å². The lowest BCUT2D eigenvalue weighted by atomic mass is 9.85. The van der Waals surface area contributed by atoms with Gasteiger partial charge < -0.3 is 15.4 Å². The summed E-state index contributed by atoms with van der Waals surface area (Å²) >= 11 is 0. The maximum Gasteiger partial charge on any atom is 0.220 e. The summed E-state index contributed by atoms with van der Waals surface area (Å²) in [4.78, 5) is 24.2. The smallest absolute Gasteiger partial charge is 0.220 e. The summed E-state index contributed by atoms with van der Waals surface area (Å²) in [5, 5.41) is 5.96. The maximum atomic E-state index is 13.7. The highest BCUT2D eigenvalue weighted by atomic mass is 19.1. The highest BCUT2D eigenvalue weighted by Crippen LogP contribution is 2.31. The minimum Gasteiger partial charge on any atom is -0.494 e. The van der Waals surface area contributed by atoms with E-state index in [0.717, 1.165) is 11.1 Å². The molecule has 28 heavy (non-hydrogen) atoms. The zero-order valence-electron chi connectivity index (χ0n) is 16.0. The lowest BCUT2D eigenvalue weighted by Gasteiger charge is -2.29. The van der Waals surface area contributed by atoms with Gasteiger partial charge in [-0.3, -0.25) is 9.59 Å². The van der Waals surface area contributed by atoms with E-state index in [1.54, 1.807) is 12.1 Å². The fraction of sp³-hybridized carbons (Fsp3) is 0.364. The molecule has 0 saturated carbocycles. The van der Waals surface area contributed by atoms with Crippen molar-refractivity contribution in [2.75, 3.05) is 7.11 Å². The number of ether oxygens (including phenoxy) is 1. The van der Waals surface area contributed by atoms with Crippen molar-refractivity contribution in [2.45, 2.75) is 44.2 Å². The van der Waals surface area contributed by atoms with Gasteiger partial charge >= 0.3 is 0 Å². The predicted octanol–water partition coefficient (Wildman–Crippen LogP) is 3.12. The highest BCUT2D eigenvalue weighted by molar-refractivity contribution is 5.80. The van der Waals surface area contributed by atoms with Gasteiger partial charge in [0.05, 0.1) is 7.11 Å². The quantitative estimate of drug-likeness (QED) is 0.735. The highest BCUT2D eigenvalue weighted by Gasteiger charge is 2.38. The summed E-state index contributed by atoms with van der Waals surface area (Å²) in [7, 11) is 1.42. The normalized spacial score (nSPS) is 18.6. The van der Waals surface area contributed by atoms with Gasteiger partial charge in [0, 0.05) is 24.9 Å². The van der Waals surface area contributed by atoms with E-state index in [4.69, 9.17) is 4.74 Å². The van der Waals surface area contributed by atoms with Crippen LogP contribution in [0, 0.1) is 5.82 Å². The molecule has 6 heteroatoms. The molecule has 1 heterocycles. The van der Waals surface area contributed by atoms with Gasteiger partial charge in [0.2, 0.25) is 11.8 Å². The average Bonchev–Trinajstić information content (AvgIpc) is 3.08. The van der Waals surface area contributed by atoms with Crippen molar-refractivity contribution in [1.82, 2.24) is 10.6 Å². The summed E-state index contributed by atoms with van der Waals surface area (Å²) in [5.74, 6) is -0.312. The largest absolute Gasteiger partial charge is 0.494 e. The molecule has 0 aromatic heterocycles. The van der Waals surface area contributed by atoms with Crippen molar-refractivity contribution < 1.29 is 18.7 Å². The molecular formula is C22H25FN2O3. The third-order valence-electron chi connectivity index (χ3n) is 5.16. The topological polar surface area (TPSA) is 67.4 Å². The van der Waals surface area contributed by atoms with Crippen LogP contribution >= 0.6 is 0 Å². The number of hydrogen-bond donors (Lipinski definition) is 2. The number of rotatable bonds is 8. The second-order valence-corrected chi connectivity index (χ2v) is 7.24. The van der Waals surface area contributed by atoms with E-state index < -0.39 is 11.4 Å². The van der Waals surface area contributed by atoms with Gasteiger partial charge in [-0.25, -0.2) is 4.39 Å². The summed E-state index contributed by atoms with van der Waals surface area (Å²) < 4.78 is 18.7. The van der Waals surface area contributed by atoms with Gasteiger partial charge in [-0.1, -0.05) is 36.4 Å². The molecule has 3 rings (SSSR count). The van der Waals surface area contributed by atoms with Crippen LogP contribution in [-0.4, -0.2) is 24.5 Å². The molecule has 0 bridgehead atoms. The molecule has 5 nitrogen and oxygen atoms in total. The Morgan fingerprint density at radius 2 is 2.00 bits per heavy atom. The molecular weight excluding hydrogens is 359 g/mol. The molecule has 1 unspecified atom stereocenters. The van der Waals surface area contributed by atoms with E-state index in [1.807, 2.05) is 30.3 Å². The second kappa shape index (κ2) is 8.87. The van der Waals surface area contributed by atoms with E-state index in [0.29, 0.717) is 38.6 Å². The number of halogens is 1. The van der Waals surface area contributed by atoms with Gasteiger partial charge in [-0.15, -0.1) is 0 Å². The Morgan fingerprint density at radius 1 is 1.21 bits per heavy atom. The van der Waals surface area contributed by atoms with Gasteiger partial charge in [0.1, 0.15) is 0 Å². The first-order valence-electron chi connectivity index (χ1n) is 9.44. The van der Waals surface area contributed by atoms with E-state index >= 15 is 0 Å². The van der Waals surface area contributed by atoms with Gasteiger partial charge in [0.25, 0.3) is 0 Å². The molecule has 0 spiro atoms. The van der Waals surface area contributed by atoms with Crippen molar-refractivity contribution in [2.24, 2.45) is 0 Å². The number of carbonyl (C=O) groups excluding carboxylic acids is 2. The third kappa shape index (κ3) is 5.09. The molecule has 1 aliphatic rings. The molecule has 0 aliphatic carbocycles. The molecule has 2 aromatic rings. The van der Waals surface area contributed by atoms with E-state index in [1.165, 1.54) is 13.2 Å². The molecule has 1 saturated heterocycles. The summed E-state index contributed by atoms with van der Waals surface area (Å²) in [5.41, 5.74) is 1.41. The number of nitrogens with one attached hydrogen (secondary N) is 2. The molecule has 1 aliphatic heterocycles. The molecule has 2 aromatic carbocycles. The van der Waals surface area contributed by atoms with Gasteiger partial charge in [-0.2, -0.15) is 0 Å². The first kappa shape index (κ1) is 19.9. The van der Waals surface area contributed by atoms with E-state index in [-0.39, 0.29) is 17.6 Å². The van der Waals surface area contributed by atoms with Crippen LogP contribution < -0.4 is 15.4 Å². The SMILES string of the molecule is COc1cc(CC2(CCC(=O)NCc3ccccc3)CCC(=O)N2)ccc1F. The lowest BCUT2D eigenvalue weighted by molar-refractivity contribution is -0.122. The maximum absolute atomic E-state index is 13.7. The van der Waals surface area contributed by atoms with Crippen LogP contribution in [0.15, 0.2) is 48.5 Å². The van der Waals surface area contributed by atoms with Crippen molar-refractivity contribution in [3.63, 3.8) is 0 Å². The van der Waals surface area contributed by atoms with Crippen LogP contribution in [0.5, 0.6) is 5.75 Å². The predicted molar refractivity (Wildman–Crippen MR) is 104 cm³/mol. The number of hydrogen-bond acceptors (Lipinski definition) is 3. The minimum atomic E-state index is -0.496. The monoisotopic (exact) mass is 384 g/mol. The Morgan fingerprint density at radius 3 is 2.68 bits per heavy atom. The third-order valence-corrected chi connectivity index (χ3v) is 5.16. The second-order valence-electron chi connectivity index (χ2n) is 7.24.